The Morgan fingerprint density at radius 1 is 0.833 bits per heavy atom. The second-order valence-corrected chi connectivity index (χ2v) is 8.14. The van der Waals surface area contributed by atoms with E-state index in [1.165, 1.54) is 12.1 Å². The first-order valence-electron chi connectivity index (χ1n) is 9.12. The zero-order valence-corrected chi connectivity index (χ0v) is 17.1. The SMILES string of the molecule is O=C(Nc1ccccc1F)c1ccc2nc(-c3ccsc3)c(-c3ccsc3)nc2c1. The van der Waals surface area contributed by atoms with Crippen LogP contribution in [0.4, 0.5) is 10.1 Å². The minimum atomic E-state index is -0.480. The maximum Gasteiger partial charge on any atom is 0.255 e. The van der Waals surface area contributed by atoms with E-state index in [1.54, 1.807) is 53.0 Å². The van der Waals surface area contributed by atoms with Gasteiger partial charge in [-0.3, -0.25) is 4.79 Å². The summed E-state index contributed by atoms with van der Waals surface area (Å²) in [5.41, 5.74) is 5.40. The second kappa shape index (κ2) is 7.78. The van der Waals surface area contributed by atoms with Crippen LogP contribution in [-0.4, -0.2) is 15.9 Å². The zero-order valence-electron chi connectivity index (χ0n) is 15.5. The molecule has 0 aliphatic carbocycles. The van der Waals surface area contributed by atoms with Crippen LogP contribution in [0.5, 0.6) is 0 Å². The van der Waals surface area contributed by atoms with Gasteiger partial charge in [-0.1, -0.05) is 12.1 Å². The van der Waals surface area contributed by atoms with Crippen molar-refractivity contribution in [2.75, 3.05) is 5.32 Å². The first kappa shape index (κ1) is 18.6. The first-order chi connectivity index (χ1) is 14.7. The second-order valence-electron chi connectivity index (χ2n) is 6.58. The lowest BCUT2D eigenvalue weighted by Crippen LogP contribution is -2.13. The van der Waals surface area contributed by atoms with Crippen LogP contribution in [0, 0.1) is 5.82 Å². The Morgan fingerprint density at radius 2 is 1.50 bits per heavy atom. The van der Waals surface area contributed by atoms with Crippen LogP contribution in [0.3, 0.4) is 0 Å². The molecule has 0 atom stereocenters. The Kier molecular flexibility index (Phi) is 4.82. The monoisotopic (exact) mass is 431 g/mol. The molecule has 0 radical (unpaired) electrons. The van der Waals surface area contributed by atoms with E-state index in [0.29, 0.717) is 16.6 Å². The quantitative estimate of drug-likeness (QED) is 0.354. The molecule has 3 heterocycles. The molecule has 0 aliphatic heterocycles. The minimum Gasteiger partial charge on any atom is -0.319 e. The number of hydrogen-bond acceptors (Lipinski definition) is 5. The topological polar surface area (TPSA) is 54.9 Å². The molecule has 4 nitrogen and oxygen atoms in total. The van der Waals surface area contributed by atoms with Crippen molar-refractivity contribution in [3.8, 4) is 22.5 Å². The largest absolute Gasteiger partial charge is 0.319 e. The fraction of sp³-hybridized carbons (Fsp3) is 0. The third-order valence-electron chi connectivity index (χ3n) is 4.64. The molecular formula is C23H14FN3OS2. The number of fused-ring (bicyclic) bond motifs is 1. The number of benzene rings is 2. The lowest BCUT2D eigenvalue weighted by atomic mass is 10.1. The number of rotatable bonds is 4. The molecule has 3 aromatic heterocycles. The summed E-state index contributed by atoms with van der Waals surface area (Å²) in [5.74, 6) is -0.880. The van der Waals surface area contributed by atoms with Gasteiger partial charge in [0.1, 0.15) is 5.82 Å². The van der Waals surface area contributed by atoms with Gasteiger partial charge in [0.25, 0.3) is 5.91 Å². The van der Waals surface area contributed by atoms with E-state index in [1.807, 2.05) is 33.7 Å². The van der Waals surface area contributed by atoms with Crippen LogP contribution in [0.15, 0.2) is 76.1 Å². The molecule has 5 aromatic rings. The molecule has 0 spiro atoms. The number of nitrogens with one attached hydrogen (secondary N) is 1. The summed E-state index contributed by atoms with van der Waals surface area (Å²) in [5, 5.41) is 10.7. The fourth-order valence-electron chi connectivity index (χ4n) is 3.15. The highest BCUT2D eigenvalue weighted by Gasteiger charge is 2.16. The maximum atomic E-state index is 13.9. The third kappa shape index (κ3) is 3.49. The molecule has 1 amide bonds. The number of carbonyl (C=O) groups excluding carboxylic acids is 1. The number of para-hydroxylation sites is 1. The Morgan fingerprint density at radius 3 is 2.13 bits per heavy atom. The highest BCUT2D eigenvalue weighted by Crippen LogP contribution is 2.33. The Labute approximate surface area is 179 Å². The van der Waals surface area contributed by atoms with Crippen molar-refractivity contribution in [3.63, 3.8) is 0 Å². The van der Waals surface area contributed by atoms with E-state index in [4.69, 9.17) is 9.97 Å². The summed E-state index contributed by atoms with van der Waals surface area (Å²) in [6, 6.07) is 15.2. The summed E-state index contributed by atoms with van der Waals surface area (Å²) < 4.78 is 13.9. The number of anilines is 1. The predicted octanol–water partition coefficient (Wildman–Crippen LogP) is 6.48. The molecule has 0 saturated carbocycles. The van der Waals surface area contributed by atoms with E-state index < -0.39 is 11.7 Å². The normalized spacial score (nSPS) is 11.0. The van der Waals surface area contributed by atoms with Crippen molar-refractivity contribution < 1.29 is 9.18 Å². The number of carbonyl (C=O) groups is 1. The predicted molar refractivity (Wildman–Crippen MR) is 121 cm³/mol. The van der Waals surface area contributed by atoms with Crippen molar-refractivity contribution in [1.82, 2.24) is 9.97 Å². The highest BCUT2D eigenvalue weighted by molar-refractivity contribution is 7.08. The molecule has 0 saturated heterocycles. The minimum absolute atomic E-state index is 0.139. The van der Waals surface area contributed by atoms with Gasteiger partial charge in [0.2, 0.25) is 0 Å². The van der Waals surface area contributed by atoms with Crippen LogP contribution < -0.4 is 5.32 Å². The van der Waals surface area contributed by atoms with Crippen LogP contribution >= 0.6 is 22.7 Å². The molecular weight excluding hydrogens is 417 g/mol. The molecule has 1 N–H and O–H groups in total. The van der Waals surface area contributed by atoms with Crippen molar-refractivity contribution in [1.29, 1.82) is 0 Å². The summed E-state index contributed by atoms with van der Waals surface area (Å²) in [6.45, 7) is 0. The fourth-order valence-corrected chi connectivity index (χ4v) is 4.43. The van der Waals surface area contributed by atoms with Crippen molar-refractivity contribution in [2.24, 2.45) is 0 Å². The van der Waals surface area contributed by atoms with Gasteiger partial charge >= 0.3 is 0 Å². The van der Waals surface area contributed by atoms with Crippen molar-refractivity contribution >= 4 is 45.3 Å². The Bertz CT molecular complexity index is 1350. The van der Waals surface area contributed by atoms with Gasteiger partial charge in [0.15, 0.2) is 0 Å². The zero-order chi connectivity index (χ0) is 20.5. The van der Waals surface area contributed by atoms with Gasteiger partial charge in [-0.2, -0.15) is 22.7 Å². The van der Waals surface area contributed by atoms with Gasteiger partial charge < -0.3 is 5.32 Å². The molecule has 0 aliphatic rings. The highest BCUT2D eigenvalue weighted by atomic mass is 32.1. The summed E-state index contributed by atoms with van der Waals surface area (Å²) >= 11 is 3.20. The van der Waals surface area contributed by atoms with Gasteiger partial charge in [-0.25, -0.2) is 14.4 Å². The molecule has 0 fully saturated rings. The smallest absolute Gasteiger partial charge is 0.255 e. The third-order valence-corrected chi connectivity index (χ3v) is 6.00. The van der Waals surface area contributed by atoms with E-state index in [0.717, 1.165) is 22.5 Å². The maximum absolute atomic E-state index is 13.9. The number of nitrogens with zero attached hydrogens (tertiary/aromatic N) is 2. The van der Waals surface area contributed by atoms with Crippen LogP contribution in [0.25, 0.3) is 33.5 Å². The average molecular weight is 432 g/mol. The van der Waals surface area contributed by atoms with Crippen molar-refractivity contribution in [2.45, 2.75) is 0 Å². The number of thiophene rings is 2. The Balaban J connectivity index is 1.58. The molecule has 5 rings (SSSR count). The Hall–Kier alpha value is -3.42. The molecule has 146 valence electrons. The molecule has 0 bridgehead atoms. The lowest BCUT2D eigenvalue weighted by molar-refractivity contribution is 0.102. The number of halogens is 1. The first-order valence-corrected chi connectivity index (χ1v) is 11.0. The number of amides is 1. The molecule has 7 heteroatoms. The van der Waals surface area contributed by atoms with E-state index in [-0.39, 0.29) is 5.69 Å². The van der Waals surface area contributed by atoms with Crippen molar-refractivity contribution in [3.05, 3.63) is 87.5 Å². The van der Waals surface area contributed by atoms with Gasteiger partial charge in [-0.15, -0.1) is 0 Å². The molecule has 0 unspecified atom stereocenters. The van der Waals surface area contributed by atoms with E-state index >= 15 is 0 Å². The van der Waals surface area contributed by atoms with Gasteiger partial charge in [0, 0.05) is 27.5 Å². The van der Waals surface area contributed by atoms with Crippen LogP contribution in [0.2, 0.25) is 0 Å². The van der Waals surface area contributed by atoms with Crippen LogP contribution in [0.1, 0.15) is 10.4 Å². The lowest BCUT2D eigenvalue weighted by Gasteiger charge is -2.10. The van der Waals surface area contributed by atoms with Crippen LogP contribution in [-0.2, 0) is 0 Å². The summed E-state index contributed by atoms with van der Waals surface area (Å²) in [4.78, 5) is 22.3. The van der Waals surface area contributed by atoms with Gasteiger partial charge in [0.05, 0.1) is 28.1 Å². The summed E-state index contributed by atoms with van der Waals surface area (Å²) in [6.07, 6.45) is 0. The molecule has 2 aromatic carbocycles. The van der Waals surface area contributed by atoms with Gasteiger partial charge in [-0.05, 0) is 53.2 Å². The van der Waals surface area contributed by atoms with E-state index in [9.17, 15) is 9.18 Å². The van der Waals surface area contributed by atoms with E-state index in [2.05, 4.69) is 5.32 Å². The standard InChI is InChI=1S/C23H14FN3OS2/c24-17-3-1-2-4-18(17)27-23(28)14-5-6-19-20(11-14)26-22(16-8-10-30-13-16)21(25-19)15-7-9-29-12-15/h1-13H,(H,27,28). The number of hydrogen-bond donors (Lipinski definition) is 1. The average Bonchev–Trinajstić information content (AvgIpc) is 3.48. The number of aromatic nitrogens is 2. The molecule has 30 heavy (non-hydrogen) atoms. The summed E-state index contributed by atoms with van der Waals surface area (Å²) in [7, 11) is 0.